The fraction of sp³-hybridized carbons (Fsp3) is 0.310. The third kappa shape index (κ3) is 3.99. The van der Waals surface area contributed by atoms with Crippen molar-refractivity contribution < 1.29 is 9.90 Å². The summed E-state index contributed by atoms with van der Waals surface area (Å²) in [5.74, 6) is -0.424. The van der Waals surface area contributed by atoms with Gasteiger partial charge in [0.25, 0.3) is 5.56 Å². The molecule has 0 bridgehead atoms. The maximum absolute atomic E-state index is 13.4. The summed E-state index contributed by atoms with van der Waals surface area (Å²) in [5, 5.41) is 15.2. The normalized spacial score (nSPS) is 20.3. The average Bonchev–Trinajstić information content (AvgIpc) is 3.57. The van der Waals surface area contributed by atoms with Gasteiger partial charge in [-0.3, -0.25) is 18.8 Å². The Labute approximate surface area is 219 Å². The van der Waals surface area contributed by atoms with Gasteiger partial charge in [0.15, 0.2) is 0 Å². The summed E-state index contributed by atoms with van der Waals surface area (Å²) < 4.78 is 3.42. The van der Waals surface area contributed by atoms with E-state index in [2.05, 4.69) is 34.1 Å². The predicted molar refractivity (Wildman–Crippen MR) is 145 cm³/mol. The minimum atomic E-state index is -0.433. The molecule has 0 aromatic carbocycles. The van der Waals surface area contributed by atoms with Crippen molar-refractivity contribution in [2.45, 2.75) is 45.2 Å². The van der Waals surface area contributed by atoms with Crippen LogP contribution in [0.25, 0.3) is 28.5 Å². The van der Waals surface area contributed by atoms with Gasteiger partial charge in [0.1, 0.15) is 0 Å². The van der Waals surface area contributed by atoms with E-state index in [0.717, 1.165) is 51.5 Å². The molecule has 1 amide bonds. The molecule has 0 spiro atoms. The molecule has 4 N–H and O–H groups in total. The largest absolute Gasteiger partial charge is 0.394 e. The molecule has 6 rings (SSSR count). The molecule has 3 aromatic heterocycles. The number of nitrogens with two attached hydrogens (primary N) is 1. The third-order valence-electron chi connectivity index (χ3n) is 7.84. The Hall–Kier alpha value is -4.24. The summed E-state index contributed by atoms with van der Waals surface area (Å²) in [6, 6.07) is 1.87. The monoisotopic (exact) mass is 510 g/mol. The first kappa shape index (κ1) is 24.1. The molecular weight excluding hydrogens is 480 g/mol. The number of fused-ring (bicyclic) bond motifs is 2. The van der Waals surface area contributed by atoms with Gasteiger partial charge in [-0.05, 0) is 42.9 Å². The van der Waals surface area contributed by atoms with Crippen LogP contribution in [-0.2, 0) is 17.8 Å². The molecule has 3 heterocycles. The number of nitrogens with one attached hydrogen (secondary N) is 1. The lowest BCUT2D eigenvalue weighted by Gasteiger charge is -2.30. The Bertz CT molecular complexity index is 1710. The zero-order valence-corrected chi connectivity index (χ0v) is 21.2. The quantitative estimate of drug-likeness (QED) is 0.461. The Balaban J connectivity index is 1.45. The van der Waals surface area contributed by atoms with Crippen LogP contribution in [0.5, 0.6) is 0 Å². The van der Waals surface area contributed by atoms with Crippen LogP contribution in [0.4, 0.5) is 0 Å². The van der Waals surface area contributed by atoms with Gasteiger partial charge in [0.05, 0.1) is 48.3 Å². The highest BCUT2D eigenvalue weighted by molar-refractivity contribution is 6.12. The Morgan fingerprint density at radius 2 is 2.16 bits per heavy atom. The molecule has 0 aliphatic heterocycles. The molecule has 0 saturated carbocycles. The van der Waals surface area contributed by atoms with Gasteiger partial charge >= 0.3 is 0 Å². The molecule has 0 radical (unpaired) electrons. The average molecular weight is 511 g/mol. The molecule has 2 unspecified atom stereocenters. The number of carbonyl (C=O) groups excluding carboxylic acids is 1. The maximum Gasteiger partial charge on any atom is 0.261 e. The van der Waals surface area contributed by atoms with E-state index in [1.54, 1.807) is 21.8 Å². The molecule has 2 atom stereocenters. The van der Waals surface area contributed by atoms with Gasteiger partial charge < -0.3 is 15.8 Å². The van der Waals surface area contributed by atoms with Gasteiger partial charge in [-0.2, -0.15) is 5.10 Å². The topological polar surface area (TPSA) is 132 Å². The Kier molecular flexibility index (Phi) is 6.07. The lowest BCUT2D eigenvalue weighted by atomic mass is 9.80. The summed E-state index contributed by atoms with van der Waals surface area (Å²) in [5.41, 5.74) is 11.8. The van der Waals surface area contributed by atoms with Crippen LogP contribution >= 0.6 is 0 Å². The molecule has 3 aliphatic carbocycles. The minimum absolute atomic E-state index is 0.000283. The highest BCUT2D eigenvalue weighted by Crippen LogP contribution is 2.36. The van der Waals surface area contributed by atoms with Crippen LogP contribution in [-0.4, -0.2) is 41.9 Å². The van der Waals surface area contributed by atoms with Crippen molar-refractivity contribution in [1.82, 2.24) is 24.3 Å². The Morgan fingerprint density at radius 1 is 1.29 bits per heavy atom. The lowest BCUT2D eigenvalue weighted by molar-refractivity contribution is -0.113. The summed E-state index contributed by atoms with van der Waals surface area (Å²) in [7, 11) is 0. The smallest absolute Gasteiger partial charge is 0.261 e. The second-order valence-corrected chi connectivity index (χ2v) is 10.1. The number of H-pyrrole nitrogens is 1. The van der Waals surface area contributed by atoms with E-state index in [0.29, 0.717) is 30.5 Å². The first-order valence-electron chi connectivity index (χ1n) is 13.0. The van der Waals surface area contributed by atoms with Crippen molar-refractivity contribution in [2.75, 3.05) is 6.61 Å². The summed E-state index contributed by atoms with van der Waals surface area (Å²) in [6.45, 7) is 2.54. The zero-order chi connectivity index (χ0) is 26.4. The van der Waals surface area contributed by atoms with E-state index in [-0.39, 0.29) is 24.1 Å². The fourth-order valence-corrected chi connectivity index (χ4v) is 5.87. The van der Waals surface area contributed by atoms with Gasteiger partial charge in [0, 0.05) is 34.2 Å². The van der Waals surface area contributed by atoms with Gasteiger partial charge in [-0.1, -0.05) is 37.3 Å². The standard InChI is InChI=1S/C29H30N6O3/c1-17-19(6-4-8-26(17)35-16-31-24-7-3-2-5-21(24)29(35)38)20-9-10-22(28(30)37)27-23(20)13-25(33-27)18-14-32-34(15-18)11-12-36/h2,4-6,8,13-17,26,33,36H,3,7,9-12H2,1H3,(H2,30,37). The second kappa shape index (κ2) is 9.57. The summed E-state index contributed by atoms with van der Waals surface area (Å²) >= 11 is 0. The summed E-state index contributed by atoms with van der Waals surface area (Å²) in [4.78, 5) is 33.7. The first-order chi connectivity index (χ1) is 18.5. The van der Waals surface area contributed by atoms with Crippen molar-refractivity contribution in [3.8, 4) is 11.3 Å². The molecule has 38 heavy (non-hydrogen) atoms. The van der Waals surface area contributed by atoms with Crippen molar-refractivity contribution in [1.29, 1.82) is 0 Å². The SMILES string of the molecule is CC1C(C2=c3cc(-c4cnn(CCO)c4)[nH]c3=C(C(N)=O)CC2)=CC=CC1n1cnc2c(c1=O)C=CCC2. The number of aryl methyl sites for hydroxylation is 1. The molecule has 3 aromatic rings. The molecule has 0 saturated heterocycles. The van der Waals surface area contributed by atoms with E-state index < -0.39 is 5.91 Å². The maximum atomic E-state index is 13.4. The number of amides is 1. The number of aromatic nitrogens is 5. The van der Waals surface area contributed by atoms with Crippen LogP contribution in [0.2, 0.25) is 0 Å². The van der Waals surface area contributed by atoms with Gasteiger partial charge in [-0.25, -0.2) is 4.98 Å². The number of aromatic amines is 1. The minimum Gasteiger partial charge on any atom is -0.394 e. The first-order valence-corrected chi connectivity index (χ1v) is 13.0. The van der Waals surface area contributed by atoms with Crippen LogP contribution in [0, 0.1) is 5.92 Å². The van der Waals surface area contributed by atoms with Crippen LogP contribution in [0.1, 0.15) is 43.5 Å². The number of nitrogens with zero attached hydrogens (tertiary/aromatic N) is 4. The third-order valence-corrected chi connectivity index (χ3v) is 7.84. The molecule has 0 fully saturated rings. The number of hydrogen-bond donors (Lipinski definition) is 3. The molecule has 3 aliphatic rings. The van der Waals surface area contributed by atoms with E-state index >= 15 is 0 Å². The van der Waals surface area contributed by atoms with Crippen molar-refractivity contribution in [3.63, 3.8) is 0 Å². The predicted octanol–water partition coefficient (Wildman–Crippen LogP) is 1.34. The number of allylic oxidation sites excluding steroid dienone is 5. The number of hydrogen-bond acceptors (Lipinski definition) is 5. The van der Waals surface area contributed by atoms with Crippen molar-refractivity contribution in [2.24, 2.45) is 11.7 Å². The second-order valence-electron chi connectivity index (χ2n) is 10.1. The van der Waals surface area contributed by atoms with E-state index in [1.165, 1.54) is 0 Å². The van der Waals surface area contributed by atoms with E-state index in [1.807, 2.05) is 30.5 Å². The van der Waals surface area contributed by atoms with E-state index in [4.69, 9.17) is 5.73 Å². The number of aliphatic hydroxyl groups excluding tert-OH is 1. The van der Waals surface area contributed by atoms with Crippen LogP contribution in [0.15, 0.2) is 59.5 Å². The van der Waals surface area contributed by atoms with Crippen LogP contribution in [0.3, 0.4) is 0 Å². The molecule has 194 valence electrons. The molecule has 9 nitrogen and oxygen atoms in total. The highest BCUT2D eigenvalue weighted by Gasteiger charge is 2.29. The van der Waals surface area contributed by atoms with Gasteiger partial charge in [0.2, 0.25) is 5.91 Å². The molecular formula is C29H30N6O3. The van der Waals surface area contributed by atoms with E-state index in [9.17, 15) is 14.7 Å². The van der Waals surface area contributed by atoms with Crippen molar-refractivity contribution in [3.05, 3.63) is 86.8 Å². The number of rotatable bonds is 6. The fourth-order valence-electron chi connectivity index (χ4n) is 5.87. The van der Waals surface area contributed by atoms with Crippen LogP contribution < -0.4 is 21.9 Å². The van der Waals surface area contributed by atoms with Crippen molar-refractivity contribution >= 4 is 23.1 Å². The number of aliphatic hydroxyl groups is 1. The lowest BCUT2D eigenvalue weighted by Crippen LogP contribution is -2.37. The highest BCUT2D eigenvalue weighted by atomic mass is 16.3. The number of carbonyl (C=O) groups is 1. The Morgan fingerprint density at radius 3 is 2.97 bits per heavy atom. The summed E-state index contributed by atoms with van der Waals surface area (Å²) in [6.07, 6.45) is 18.3. The zero-order valence-electron chi connectivity index (χ0n) is 21.2. The van der Waals surface area contributed by atoms with Gasteiger partial charge in [-0.15, -0.1) is 0 Å². The number of primary amides is 1. The molecule has 9 heteroatoms.